The van der Waals surface area contributed by atoms with Gasteiger partial charge in [-0.2, -0.15) is 0 Å². The Bertz CT molecular complexity index is 1080. The van der Waals surface area contributed by atoms with E-state index in [2.05, 4.69) is 11.1 Å². The van der Waals surface area contributed by atoms with Crippen molar-refractivity contribution in [2.24, 2.45) is 0 Å². The third kappa shape index (κ3) is 2.62. The highest BCUT2D eigenvalue weighted by molar-refractivity contribution is 7.24. The number of aromatic nitrogens is 1. The Kier molecular flexibility index (Phi) is 3.66. The average molecular weight is 349 g/mol. The molecular formula is C20H16FN3S. The maximum Gasteiger partial charge on any atom is 0.123 e. The normalized spacial score (nSPS) is 11.1. The molecule has 3 nitrogen and oxygen atoms in total. The molecule has 0 aliphatic heterocycles. The second-order valence-electron chi connectivity index (χ2n) is 5.94. The van der Waals surface area contributed by atoms with E-state index in [1.807, 2.05) is 25.1 Å². The molecule has 25 heavy (non-hydrogen) atoms. The maximum absolute atomic E-state index is 13.3. The molecule has 0 atom stereocenters. The first-order valence-electron chi connectivity index (χ1n) is 7.84. The number of aryl methyl sites for hydroxylation is 1. The molecule has 5 heteroatoms. The number of halogens is 1. The third-order valence-electron chi connectivity index (χ3n) is 4.27. The van der Waals surface area contributed by atoms with Crippen molar-refractivity contribution in [3.05, 3.63) is 66.2 Å². The van der Waals surface area contributed by atoms with E-state index in [0.717, 1.165) is 38.0 Å². The van der Waals surface area contributed by atoms with Crippen LogP contribution in [0, 0.1) is 12.7 Å². The molecule has 0 radical (unpaired) electrons. The van der Waals surface area contributed by atoms with Gasteiger partial charge in [-0.3, -0.25) is 4.98 Å². The highest BCUT2D eigenvalue weighted by atomic mass is 32.1. The summed E-state index contributed by atoms with van der Waals surface area (Å²) in [6, 6.07) is 14.5. The summed E-state index contributed by atoms with van der Waals surface area (Å²) in [5.41, 5.74) is 17.9. The summed E-state index contributed by atoms with van der Waals surface area (Å²) in [7, 11) is 0. The van der Waals surface area contributed by atoms with Crippen molar-refractivity contribution in [1.82, 2.24) is 4.98 Å². The van der Waals surface area contributed by atoms with Crippen LogP contribution in [0.3, 0.4) is 0 Å². The average Bonchev–Trinajstić information content (AvgIpc) is 2.90. The van der Waals surface area contributed by atoms with Crippen molar-refractivity contribution in [2.45, 2.75) is 6.92 Å². The van der Waals surface area contributed by atoms with Gasteiger partial charge in [-0.1, -0.05) is 24.3 Å². The zero-order chi connectivity index (χ0) is 17.6. The summed E-state index contributed by atoms with van der Waals surface area (Å²) in [4.78, 5) is 4.26. The summed E-state index contributed by atoms with van der Waals surface area (Å²) in [5, 5.41) is 1.51. The molecule has 2 aromatic carbocycles. The van der Waals surface area contributed by atoms with Gasteiger partial charge in [-0.15, -0.1) is 11.3 Å². The van der Waals surface area contributed by atoms with Crippen molar-refractivity contribution >= 4 is 32.1 Å². The molecule has 0 saturated carbocycles. The quantitative estimate of drug-likeness (QED) is 0.520. The largest absolute Gasteiger partial charge is 0.396 e. The minimum atomic E-state index is -0.262. The zero-order valence-electron chi connectivity index (χ0n) is 13.6. The molecule has 4 aromatic rings. The van der Waals surface area contributed by atoms with Crippen molar-refractivity contribution in [3.63, 3.8) is 0 Å². The van der Waals surface area contributed by atoms with Crippen molar-refractivity contribution in [2.75, 3.05) is 11.5 Å². The Morgan fingerprint density at radius 2 is 1.64 bits per heavy atom. The number of pyridine rings is 1. The first kappa shape index (κ1) is 15.6. The number of rotatable bonds is 2. The molecule has 4 N–H and O–H groups in total. The van der Waals surface area contributed by atoms with Gasteiger partial charge in [0.15, 0.2) is 0 Å². The highest BCUT2D eigenvalue weighted by Crippen LogP contribution is 2.46. The van der Waals surface area contributed by atoms with Gasteiger partial charge in [0.05, 0.1) is 5.69 Å². The first-order chi connectivity index (χ1) is 12.0. The van der Waals surface area contributed by atoms with Gasteiger partial charge in [-0.25, -0.2) is 4.39 Å². The van der Waals surface area contributed by atoms with Crippen LogP contribution in [0.5, 0.6) is 0 Å². The van der Waals surface area contributed by atoms with E-state index >= 15 is 0 Å². The van der Waals surface area contributed by atoms with Crippen molar-refractivity contribution < 1.29 is 4.39 Å². The monoisotopic (exact) mass is 349 g/mol. The van der Waals surface area contributed by atoms with Gasteiger partial charge >= 0.3 is 0 Å². The topological polar surface area (TPSA) is 64.9 Å². The van der Waals surface area contributed by atoms with E-state index in [4.69, 9.17) is 11.5 Å². The number of nitrogens with two attached hydrogens (primary N) is 2. The van der Waals surface area contributed by atoms with E-state index < -0.39 is 0 Å². The fourth-order valence-electron chi connectivity index (χ4n) is 3.05. The van der Waals surface area contributed by atoms with Gasteiger partial charge in [0.2, 0.25) is 0 Å². The van der Waals surface area contributed by atoms with Gasteiger partial charge < -0.3 is 11.5 Å². The van der Waals surface area contributed by atoms with Crippen LogP contribution in [-0.4, -0.2) is 4.98 Å². The van der Waals surface area contributed by atoms with E-state index in [9.17, 15) is 4.39 Å². The summed E-state index contributed by atoms with van der Waals surface area (Å²) < 4.78 is 14.3. The smallest absolute Gasteiger partial charge is 0.123 e. The standard InChI is InChI=1S/C20H16FN3S/c1-11-10-13(8-9-24-11)16-7-6-15(12-2-4-14(21)5-3-12)17-18(22)20(23)25-19(16)17/h2-10H,22-23H2,1H3. The fourth-order valence-corrected chi connectivity index (χ4v) is 4.10. The molecular weight excluding hydrogens is 333 g/mol. The molecule has 0 aliphatic rings. The number of nitrogens with zero attached hydrogens (tertiary/aromatic N) is 1. The lowest BCUT2D eigenvalue weighted by Gasteiger charge is -2.10. The Morgan fingerprint density at radius 3 is 2.36 bits per heavy atom. The molecule has 0 bridgehead atoms. The van der Waals surface area contributed by atoms with Crippen LogP contribution in [0.2, 0.25) is 0 Å². The van der Waals surface area contributed by atoms with Crippen molar-refractivity contribution in [3.8, 4) is 22.3 Å². The number of thiophene rings is 1. The number of hydrogen-bond acceptors (Lipinski definition) is 4. The molecule has 0 spiro atoms. The SMILES string of the molecule is Cc1cc(-c2ccc(-c3ccc(F)cc3)c3c(N)c(N)sc23)ccn1. The number of anilines is 2. The molecule has 0 amide bonds. The molecule has 2 heterocycles. The Labute approximate surface area is 148 Å². The van der Waals surface area contributed by atoms with E-state index in [-0.39, 0.29) is 5.82 Å². The Morgan fingerprint density at radius 1 is 0.920 bits per heavy atom. The predicted molar refractivity (Wildman–Crippen MR) is 104 cm³/mol. The lowest BCUT2D eigenvalue weighted by molar-refractivity contribution is 0.628. The first-order valence-corrected chi connectivity index (χ1v) is 8.65. The zero-order valence-corrected chi connectivity index (χ0v) is 14.4. The van der Waals surface area contributed by atoms with E-state index in [1.165, 1.54) is 23.5 Å². The van der Waals surface area contributed by atoms with Gasteiger partial charge in [0.25, 0.3) is 0 Å². The summed E-state index contributed by atoms with van der Waals surface area (Å²) in [6.45, 7) is 1.96. The lowest BCUT2D eigenvalue weighted by Crippen LogP contribution is -1.91. The predicted octanol–water partition coefficient (Wildman–Crippen LogP) is 5.24. The minimum absolute atomic E-state index is 0.262. The minimum Gasteiger partial charge on any atom is -0.396 e. The summed E-state index contributed by atoms with van der Waals surface area (Å²) >= 11 is 1.48. The second-order valence-corrected chi connectivity index (χ2v) is 6.99. The van der Waals surface area contributed by atoms with Gasteiger partial charge in [-0.05, 0) is 53.4 Å². The van der Waals surface area contributed by atoms with Gasteiger partial charge in [0.1, 0.15) is 10.8 Å². The molecule has 0 fully saturated rings. The van der Waals surface area contributed by atoms with Crippen LogP contribution < -0.4 is 11.5 Å². The number of benzene rings is 2. The Balaban J connectivity index is 2.02. The number of hydrogen-bond donors (Lipinski definition) is 2. The van der Waals surface area contributed by atoms with Crippen LogP contribution in [0.15, 0.2) is 54.7 Å². The maximum atomic E-state index is 13.3. The molecule has 0 unspecified atom stereocenters. The van der Waals surface area contributed by atoms with Crippen LogP contribution >= 0.6 is 11.3 Å². The number of fused-ring (bicyclic) bond motifs is 1. The van der Waals surface area contributed by atoms with E-state index in [1.54, 1.807) is 18.3 Å². The molecule has 0 saturated heterocycles. The highest BCUT2D eigenvalue weighted by Gasteiger charge is 2.17. The van der Waals surface area contributed by atoms with Crippen LogP contribution in [0.4, 0.5) is 15.1 Å². The fraction of sp³-hybridized carbons (Fsp3) is 0.0500. The third-order valence-corrected chi connectivity index (χ3v) is 5.34. The second kappa shape index (κ2) is 5.86. The molecule has 0 aliphatic carbocycles. The summed E-state index contributed by atoms with van der Waals surface area (Å²) in [5.74, 6) is -0.262. The Hall–Kier alpha value is -2.92. The van der Waals surface area contributed by atoms with Crippen LogP contribution in [0.25, 0.3) is 32.3 Å². The van der Waals surface area contributed by atoms with E-state index in [0.29, 0.717) is 10.7 Å². The van der Waals surface area contributed by atoms with Crippen molar-refractivity contribution in [1.29, 1.82) is 0 Å². The summed E-state index contributed by atoms with van der Waals surface area (Å²) in [6.07, 6.45) is 1.80. The molecule has 2 aromatic heterocycles. The molecule has 124 valence electrons. The van der Waals surface area contributed by atoms with Crippen LogP contribution in [0.1, 0.15) is 5.69 Å². The van der Waals surface area contributed by atoms with Gasteiger partial charge in [0, 0.05) is 22.0 Å². The lowest BCUT2D eigenvalue weighted by atomic mass is 9.96. The number of nitrogen functional groups attached to an aromatic ring is 2. The van der Waals surface area contributed by atoms with Crippen LogP contribution in [-0.2, 0) is 0 Å². The molecule has 4 rings (SSSR count).